The molecule has 0 aromatic heterocycles. The van der Waals surface area contributed by atoms with E-state index in [2.05, 4.69) is 20.8 Å². The van der Waals surface area contributed by atoms with E-state index in [0.717, 1.165) is 44.2 Å². The Bertz CT molecular complexity index is 1720. The SMILES string of the molecule is C=CCCC1CCC(C2CCC(c3ccc(C(F)(F)Oc4cc(F)c(C(F)(F)Oc5cc(F)c(C(F)(F)OC(F)(F)F)c(F)c5)c(F)c4)cc3)OC2)CC1. The fourth-order valence-electron chi connectivity index (χ4n) is 6.98. The molecule has 3 aromatic carbocycles. The Kier molecular flexibility index (Phi) is 12.2. The zero-order valence-corrected chi connectivity index (χ0v) is 28.1. The van der Waals surface area contributed by atoms with E-state index in [1.807, 2.05) is 6.08 Å². The number of benzene rings is 3. The van der Waals surface area contributed by atoms with Crippen LogP contribution in [0.1, 0.15) is 79.7 Å². The Balaban J connectivity index is 1.21. The molecule has 3 aromatic rings. The van der Waals surface area contributed by atoms with Crippen LogP contribution in [0.4, 0.5) is 57.1 Å². The molecule has 0 spiro atoms. The van der Waals surface area contributed by atoms with Gasteiger partial charge in [-0.25, -0.2) is 22.3 Å². The molecular formula is C37H33F13O4. The molecule has 5 rings (SSSR count). The van der Waals surface area contributed by atoms with Crippen molar-refractivity contribution in [1.29, 1.82) is 0 Å². The lowest BCUT2D eigenvalue weighted by molar-refractivity contribution is -0.432. The topological polar surface area (TPSA) is 36.9 Å². The smallest absolute Gasteiger partial charge is 0.429 e. The van der Waals surface area contributed by atoms with Crippen molar-refractivity contribution in [2.75, 3.05) is 6.61 Å². The van der Waals surface area contributed by atoms with Gasteiger partial charge in [-0.05, 0) is 74.0 Å². The number of allylic oxidation sites excluding steroid dienone is 1. The molecule has 0 N–H and O–H groups in total. The summed E-state index contributed by atoms with van der Waals surface area (Å²) in [6.07, 6.45) is -11.2. The zero-order chi connectivity index (χ0) is 39.6. The molecule has 296 valence electrons. The summed E-state index contributed by atoms with van der Waals surface area (Å²) in [5.74, 6) is -10.9. The van der Waals surface area contributed by atoms with E-state index in [9.17, 15) is 48.3 Å². The highest BCUT2D eigenvalue weighted by molar-refractivity contribution is 5.36. The van der Waals surface area contributed by atoms with Crippen LogP contribution < -0.4 is 9.47 Å². The number of hydrogen-bond donors (Lipinski definition) is 0. The quantitative estimate of drug-likeness (QED) is 0.128. The Morgan fingerprint density at radius 2 is 1.11 bits per heavy atom. The Hall–Kier alpha value is -3.99. The summed E-state index contributed by atoms with van der Waals surface area (Å²) < 4.78 is 199. The van der Waals surface area contributed by atoms with E-state index in [0.29, 0.717) is 36.3 Å². The minimum Gasteiger partial charge on any atom is -0.429 e. The molecule has 1 aliphatic carbocycles. The number of halogens is 13. The highest BCUT2D eigenvalue weighted by Gasteiger charge is 2.50. The van der Waals surface area contributed by atoms with Crippen molar-refractivity contribution in [1.82, 2.24) is 0 Å². The number of hydrogen-bond acceptors (Lipinski definition) is 4. The van der Waals surface area contributed by atoms with E-state index in [1.165, 1.54) is 25.0 Å². The highest BCUT2D eigenvalue weighted by atomic mass is 19.4. The predicted molar refractivity (Wildman–Crippen MR) is 166 cm³/mol. The van der Waals surface area contributed by atoms with Crippen LogP contribution in [0, 0.1) is 41.0 Å². The molecule has 1 aliphatic heterocycles. The Morgan fingerprint density at radius 3 is 1.57 bits per heavy atom. The van der Waals surface area contributed by atoms with Crippen molar-refractivity contribution in [2.45, 2.75) is 82.2 Å². The van der Waals surface area contributed by atoms with Crippen LogP contribution >= 0.6 is 0 Å². The van der Waals surface area contributed by atoms with Crippen LogP contribution in [0.2, 0.25) is 0 Å². The fraction of sp³-hybridized carbons (Fsp3) is 0.459. The van der Waals surface area contributed by atoms with Gasteiger partial charge < -0.3 is 14.2 Å². The van der Waals surface area contributed by atoms with Crippen molar-refractivity contribution < 1.29 is 76.0 Å². The molecule has 0 amide bonds. The van der Waals surface area contributed by atoms with Crippen molar-refractivity contribution >= 4 is 0 Å². The third kappa shape index (κ3) is 9.81. The molecule has 54 heavy (non-hydrogen) atoms. The third-order valence-electron chi connectivity index (χ3n) is 9.62. The first kappa shape index (κ1) is 41.2. The summed E-state index contributed by atoms with van der Waals surface area (Å²) in [7, 11) is 0. The maximum atomic E-state index is 15.1. The Morgan fingerprint density at radius 1 is 0.630 bits per heavy atom. The van der Waals surface area contributed by atoms with Crippen LogP contribution in [-0.4, -0.2) is 13.0 Å². The van der Waals surface area contributed by atoms with Crippen LogP contribution in [0.3, 0.4) is 0 Å². The van der Waals surface area contributed by atoms with Crippen LogP contribution in [0.5, 0.6) is 11.5 Å². The van der Waals surface area contributed by atoms with E-state index in [-0.39, 0.29) is 18.2 Å². The molecule has 2 unspecified atom stereocenters. The maximum absolute atomic E-state index is 15.1. The average molecular weight is 789 g/mol. The molecule has 0 bridgehead atoms. The first-order valence-corrected chi connectivity index (χ1v) is 16.8. The summed E-state index contributed by atoms with van der Waals surface area (Å²) >= 11 is 0. The van der Waals surface area contributed by atoms with E-state index in [1.54, 1.807) is 0 Å². The molecule has 2 aliphatic rings. The van der Waals surface area contributed by atoms with E-state index < -0.39 is 88.3 Å². The third-order valence-corrected chi connectivity index (χ3v) is 9.62. The second-order valence-electron chi connectivity index (χ2n) is 13.3. The molecule has 4 nitrogen and oxygen atoms in total. The van der Waals surface area contributed by atoms with Gasteiger partial charge in [-0.2, -0.15) is 26.3 Å². The summed E-state index contributed by atoms with van der Waals surface area (Å²) in [5.41, 5.74) is -5.05. The van der Waals surface area contributed by atoms with Gasteiger partial charge in [-0.1, -0.05) is 31.1 Å². The molecule has 17 heteroatoms. The molecule has 1 saturated carbocycles. The predicted octanol–water partition coefficient (Wildman–Crippen LogP) is 12.3. The maximum Gasteiger partial charge on any atom is 0.527 e. The standard InChI is InChI=1S/C37H33F13O4/c1-2-3-4-20-5-7-21(8-6-20)23-11-14-31(51-19-23)22-9-12-24(13-10-22)34(42,43)52-25-15-27(38)32(28(39)16-25)35(44,45)53-26-17-29(40)33(30(41)18-26)36(46,47)54-37(48,49)50/h2,9-10,12-13,15-18,20-21,23,31H,1,3-8,11,14,19H2. The van der Waals surface area contributed by atoms with Crippen LogP contribution in [0.25, 0.3) is 0 Å². The van der Waals surface area contributed by atoms with E-state index >= 15 is 8.78 Å². The average Bonchev–Trinajstić information content (AvgIpc) is 3.05. The van der Waals surface area contributed by atoms with Gasteiger partial charge in [-0.15, -0.1) is 19.8 Å². The summed E-state index contributed by atoms with van der Waals surface area (Å²) in [4.78, 5) is 0. The zero-order valence-electron chi connectivity index (χ0n) is 28.1. The van der Waals surface area contributed by atoms with Gasteiger partial charge in [0.2, 0.25) is 0 Å². The van der Waals surface area contributed by atoms with Crippen LogP contribution in [-0.2, 0) is 27.8 Å². The summed E-state index contributed by atoms with van der Waals surface area (Å²) in [6.45, 7) is 4.31. The largest absolute Gasteiger partial charge is 0.527 e. The van der Waals surface area contributed by atoms with Crippen molar-refractivity contribution in [3.05, 3.63) is 107 Å². The van der Waals surface area contributed by atoms with Gasteiger partial charge in [0.25, 0.3) is 0 Å². The fourth-order valence-corrected chi connectivity index (χ4v) is 6.98. The molecule has 1 heterocycles. The first-order valence-electron chi connectivity index (χ1n) is 16.8. The van der Waals surface area contributed by atoms with Gasteiger partial charge in [0.15, 0.2) is 0 Å². The lowest BCUT2D eigenvalue weighted by Crippen LogP contribution is -2.30. The summed E-state index contributed by atoms with van der Waals surface area (Å²) in [6, 6.07) is 3.82. The molecular weight excluding hydrogens is 755 g/mol. The monoisotopic (exact) mass is 788 g/mol. The minimum atomic E-state index is -6.08. The number of ether oxygens (including phenoxy) is 4. The second kappa shape index (κ2) is 16.0. The summed E-state index contributed by atoms with van der Waals surface area (Å²) in [5, 5.41) is 0. The second-order valence-corrected chi connectivity index (χ2v) is 13.3. The van der Waals surface area contributed by atoms with Crippen LogP contribution in [0.15, 0.2) is 61.2 Å². The lowest BCUT2D eigenvalue weighted by atomic mass is 9.72. The molecule has 1 saturated heterocycles. The van der Waals surface area contributed by atoms with Crippen molar-refractivity contribution in [2.24, 2.45) is 17.8 Å². The Labute approximate surface area is 300 Å². The van der Waals surface area contributed by atoms with Crippen molar-refractivity contribution in [3.8, 4) is 11.5 Å². The van der Waals surface area contributed by atoms with Gasteiger partial charge in [-0.3, -0.25) is 0 Å². The van der Waals surface area contributed by atoms with Gasteiger partial charge in [0.05, 0.1) is 18.3 Å². The first-order chi connectivity index (χ1) is 25.2. The lowest BCUT2D eigenvalue weighted by Gasteiger charge is -2.38. The normalized spacial score (nSPS) is 21.5. The highest BCUT2D eigenvalue weighted by Crippen LogP contribution is 2.44. The van der Waals surface area contributed by atoms with Gasteiger partial charge in [0.1, 0.15) is 45.9 Å². The number of rotatable bonds is 13. The van der Waals surface area contributed by atoms with Gasteiger partial charge in [0, 0.05) is 24.3 Å². The molecule has 2 fully saturated rings. The van der Waals surface area contributed by atoms with Gasteiger partial charge >= 0.3 is 24.7 Å². The molecule has 0 radical (unpaired) electrons. The van der Waals surface area contributed by atoms with E-state index in [4.69, 9.17) is 4.74 Å². The minimum absolute atomic E-state index is 0.0582. The number of alkyl halides is 9. The molecule has 2 atom stereocenters. The van der Waals surface area contributed by atoms with Crippen molar-refractivity contribution in [3.63, 3.8) is 0 Å².